The van der Waals surface area contributed by atoms with Crippen molar-refractivity contribution < 1.29 is 18.3 Å². The largest absolute Gasteiger partial charge is 0.396 e. The predicted molar refractivity (Wildman–Crippen MR) is 64.1 cm³/mol. The summed E-state index contributed by atoms with van der Waals surface area (Å²) in [4.78, 5) is 0. The summed E-state index contributed by atoms with van der Waals surface area (Å²) in [6.07, 6.45) is 3.90. The van der Waals surface area contributed by atoms with Gasteiger partial charge in [0.2, 0.25) is 10.0 Å². The van der Waals surface area contributed by atoms with Crippen molar-refractivity contribution in [3.8, 4) is 0 Å². The lowest BCUT2D eigenvalue weighted by molar-refractivity contribution is 0.0981. The van der Waals surface area contributed by atoms with Gasteiger partial charge in [0.05, 0.1) is 5.25 Å². The smallest absolute Gasteiger partial charge is 0.214 e. The molecule has 0 aromatic heterocycles. The van der Waals surface area contributed by atoms with Crippen molar-refractivity contribution in [2.75, 3.05) is 26.4 Å². The summed E-state index contributed by atoms with van der Waals surface area (Å²) in [6.45, 7) is 1.69. The Bertz CT molecular complexity index is 344. The Morgan fingerprint density at radius 3 is 2.47 bits per heavy atom. The fourth-order valence-corrected chi connectivity index (χ4v) is 3.84. The minimum Gasteiger partial charge on any atom is -0.396 e. The molecule has 0 bridgehead atoms. The third-order valence-corrected chi connectivity index (χ3v) is 5.75. The van der Waals surface area contributed by atoms with Gasteiger partial charge in [-0.1, -0.05) is 0 Å². The van der Waals surface area contributed by atoms with E-state index in [1.165, 1.54) is 0 Å². The molecule has 6 heteroatoms. The van der Waals surface area contributed by atoms with Crippen LogP contribution in [0.5, 0.6) is 0 Å². The summed E-state index contributed by atoms with van der Waals surface area (Å²) >= 11 is 0. The lowest BCUT2D eigenvalue weighted by Gasteiger charge is -2.23. The molecule has 100 valence electrons. The SMILES string of the molecule is O=S(=O)(NCC1(CCO)CC1)C1CCOCC1. The number of sulfonamides is 1. The van der Waals surface area contributed by atoms with Crippen molar-refractivity contribution >= 4 is 10.0 Å². The van der Waals surface area contributed by atoms with Gasteiger partial charge in [-0.2, -0.15) is 0 Å². The molecule has 0 aromatic rings. The maximum atomic E-state index is 12.0. The van der Waals surface area contributed by atoms with Crippen LogP contribution in [0, 0.1) is 5.41 Å². The van der Waals surface area contributed by atoms with Crippen LogP contribution in [0.15, 0.2) is 0 Å². The summed E-state index contributed by atoms with van der Waals surface area (Å²) in [7, 11) is -3.21. The lowest BCUT2D eigenvalue weighted by atomic mass is 10.0. The van der Waals surface area contributed by atoms with Crippen LogP contribution in [0.25, 0.3) is 0 Å². The Morgan fingerprint density at radius 1 is 1.29 bits per heavy atom. The molecule has 2 rings (SSSR count). The van der Waals surface area contributed by atoms with E-state index in [2.05, 4.69) is 4.72 Å². The third-order valence-electron chi connectivity index (χ3n) is 3.85. The van der Waals surface area contributed by atoms with Gasteiger partial charge in [-0.3, -0.25) is 0 Å². The molecule has 1 aliphatic carbocycles. The molecular weight excluding hydrogens is 242 g/mol. The van der Waals surface area contributed by atoms with Crippen LogP contribution < -0.4 is 4.72 Å². The van der Waals surface area contributed by atoms with Gasteiger partial charge in [0, 0.05) is 26.4 Å². The highest BCUT2D eigenvalue weighted by Gasteiger charge is 2.43. The zero-order valence-electron chi connectivity index (χ0n) is 10.0. The Labute approximate surface area is 103 Å². The standard InChI is InChI=1S/C11H21NO4S/c13-6-5-11(3-4-11)9-12-17(14,15)10-1-7-16-8-2-10/h10,12-13H,1-9H2. The summed E-state index contributed by atoms with van der Waals surface area (Å²) in [6, 6.07) is 0. The summed E-state index contributed by atoms with van der Waals surface area (Å²) in [5.41, 5.74) is 0.0347. The first-order valence-electron chi connectivity index (χ1n) is 6.25. The van der Waals surface area contributed by atoms with Gasteiger partial charge in [0.15, 0.2) is 0 Å². The summed E-state index contributed by atoms with van der Waals surface area (Å²) < 4.78 is 32.0. The zero-order valence-corrected chi connectivity index (χ0v) is 10.8. The van der Waals surface area contributed by atoms with Crippen molar-refractivity contribution in [3.63, 3.8) is 0 Å². The second-order valence-corrected chi connectivity index (χ2v) is 7.20. The van der Waals surface area contributed by atoms with Crippen LogP contribution in [0.2, 0.25) is 0 Å². The summed E-state index contributed by atoms with van der Waals surface area (Å²) in [5.74, 6) is 0. The van der Waals surface area contributed by atoms with Crippen LogP contribution >= 0.6 is 0 Å². The average molecular weight is 263 g/mol. The van der Waals surface area contributed by atoms with Gasteiger partial charge in [-0.05, 0) is 37.5 Å². The van der Waals surface area contributed by atoms with Crippen molar-refractivity contribution in [1.29, 1.82) is 0 Å². The fourth-order valence-electron chi connectivity index (χ4n) is 2.29. The molecule has 1 aliphatic heterocycles. The molecule has 0 atom stereocenters. The van der Waals surface area contributed by atoms with E-state index in [1.807, 2.05) is 0 Å². The molecule has 0 aromatic carbocycles. The van der Waals surface area contributed by atoms with Crippen molar-refractivity contribution in [3.05, 3.63) is 0 Å². The Balaban J connectivity index is 1.84. The van der Waals surface area contributed by atoms with Gasteiger partial charge in [-0.25, -0.2) is 13.1 Å². The average Bonchev–Trinajstić information content (AvgIpc) is 3.09. The number of aliphatic hydroxyl groups excluding tert-OH is 1. The molecule has 0 unspecified atom stereocenters. The molecule has 2 fully saturated rings. The predicted octanol–water partition coefficient (Wildman–Crippen LogP) is 0.247. The number of ether oxygens (including phenoxy) is 1. The number of aliphatic hydroxyl groups is 1. The number of rotatable bonds is 6. The normalized spacial score (nSPS) is 24.8. The molecule has 1 heterocycles. The first-order valence-corrected chi connectivity index (χ1v) is 7.80. The number of hydrogen-bond donors (Lipinski definition) is 2. The molecular formula is C11H21NO4S. The van der Waals surface area contributed by atoms with Gasteiger partial charge < -0.3 is 9.84 Å². The first kappa shape index (κ1) is 13.3. The van der Waals surface area contributed by atoms with E-state index in [0.717, 1.165) is 12.8 Å². The van der Waals surface area contributed by atoms with Crippen LogP contribution in [-0.2, 0) is 14.8 Å². The minimum atomic E-state index is -3.21. The second kappa shape index (κ2) is 5.22. The molecule has 2 aliphatic rings. The Hall–Kier alpha value is -0.170. The number of hydrogen-bond acceptors (Lipinski definition) is 4. The Kier molecular flexibility index (Phi) is 4.07. The van der Waals surface area contributed by atoms with Crippen molar-refractivity contribution in [2.24, 2.45) is 5.41 Å². The van der Waals surface area contributed by atoms with Crippen LogP contribution in [0.3, 0.4) is 0 Å². The Morgan fingerprint density at radius 2 is 1.94 bits per heavy atom. The second-order valence-electron chi connectivity index (χ2n) is 5.15. The molecule has 1 saturated heterocycles. The molecule has 0 amide bonds. The number of nitrogens with one attached hydrogen (secondary N) is 1. The van der Waals surface area contributed by atoms with E-state index in [1.54, 1.807) is 0 Å². The molecule has 0 spiro atoms. The van der Waals surface area contributed by atoms with E-state index in [9.17, 15) is 8.42 Å². The minimum absolute atomic E-state index is 0.0347. The highest BCUT2D eigenvalue weighted by Crippen LogP contribution is 2.48. The lowest BCUT2D eigenvalue weighted by Crippen LogP contribution is -2.40. The molecule has 0 radical (unpaired) electrons. The maximum absolute atomic E-state index is 12.0. The van der Waals surface area contributed by atoms with Crippen LogP contribution in [0.4, 0.5) is 0 Å². The van der Waals surface area contributed by atoms with Gasteiger partial charge in [-0.15, -0.1) is 0 Å². The monoisotopic (exact) mass is 263 g/mol. The maximum Gasteiger partial charge on any atom is 0.214 e. The van der Waals surface area contributed by atoms with Gasteiger partial charge >= 0.3 is 0 Å². The van der Waals surface area contributed by atoms with Crippen LogP contribution in [0.1, 0.15) is 32.1 Å². The van der Waals surface area contributed by atoms with E-state index in [0.29, 0.717) is 39.0 Å². The molecule has 17 heavy (non-hydrogen) atoms. The van der Waals surface area contributed by atoms with E-state index >= 15 is 0 Å². The van der Waals surface area contributed by atoms with E-state index in [4.69, 9.17) is 9.84 Å². The zero-order chi connectivity index (χ0) is 12.4. The van der Waals surface area contributed by atoms with Crippen molar-refractivity contribution in [1.82, 2.24) is 4.72 Å². The molecule has 2 N–H and O–H groups in total. The molecule has 5 nitrogen and oxygen atoms in total. The highest BCUT2D eigenvalue weighted by atomic mass is 32.2. The van der Waals surface area contributed by atoms with Crippen molar-refractivity contribution in [2.45, 2.75) is 37.4 Å². The highest BCUT2D eigenvalue weighted by molar-refractivity contribution is 7.90. The first-order chi connectivity index (χ1) is 8.08. The third kappa shape index (κ3) is 3.40. The van der Waals surface area contributed by atoms with E-state index in [-0.39, 0.29) is 17.3 Å². The van der Waals surface area contributed by atoms with Gasteiger partial charge in [0.1, 0.15) is 0 Å². The summed E-state index contributed by atoms with van der Waals surface area (Å²) in [5, 5.41) is 8.62. The topological polar surface area (TPSA) is 75.6 Å². The quantitative estimate of drug-likeness (QED) is 0.720. The molecule has 1 saturated carbocycles. The van der Waals surface area contributed by atoms with Gasteiger partial charge in [0.25, 0.3) is 0 Å². The van der Waals surface area contributed by atoms with E-state index < -0.39 is 10.0 Å². The fraction of sp³-hybridized carbons (Fsp3) is 1.00. The van der Waals surface area contributed by atoms with Crippen LogP contribution in [-0.4, -0.2) is 45.1 Å².